The molecule has 1 aliphatic rings. The van der Waals surface area contributed by atoms with Gasteiger partial charge in [0, 0.05) is 24.7 Å². The number of carboxylic acid groups (broad SMARTS) is 1. The summed E-state index contributed by atoms with van der Waals surface area (Å²) in [4.78, 5) is 11.0. The maximum absolute atomic E-state index is 11.0. The molecule has 0 radical (unpaired) electrons. The van der Waals surface area contributed by atoms with Crippen molar-refractivity contribution in [1.29, 1.82) is 0 Å². The van der Waals surface area contributed by atoms with Crippen LogP contribution < -0.4 is 10.1 Å². The molecule has 0 bridgehead atoms. The lowest BCUT2D eigenvalue weighted by Gasteiger charge is -2.17. The van der Waals surface area contributed by atoms with Crippen LogP contribution in [0.15, 0.2) is 54.6 Å². The van der Waals surface area contributed by atoms with Gasteiger partial charge in [-0.2, -0.15) is 0 Å². The third-order valence-corrected chi connectivity index (χ3v) is 6.06. The maximum Gasteiger partial charge on any atom is 0.303 e. The molecule has 1 saturated carbocycles. The molecular formula is C26H29NO3. The van der Waals surface area contributed by atoms with Crippen LogP contribution in [0.1, 0.15) is 37.7 Å². The lowest BCUT2D eigenvalue weighted by molar-refractivity contribution is -0.136. The van der Waals surface area contributed by atoms with Crippen molar-refractivity contribution in [2.75, 3.05) is 19.0 Å². The zero-order valence-electron chi connectivity index (χ0n) is 17.5. The number of hydrogen-bond donors (Lipinski definition) is 2. The van der Waals surface area contributed by atoms with E-state index in [4.69, 9.17) is 9.84 Å². The quantitative estimate of drug-likeness (QED) is 0.475. The predicted molar refractivity (Wildman–Crippen MR) is 122 cm³/mol. The number of aliphatic carboxylic acids is 1. The third kappa shape index (κ3) is 4.76. The molecule has 3 aromatic rings. The fraction of sp³-hybridized carbons (Fsp3) is 0.346. The Hall–Kier alpha value is -3.01. The van der Waals surface area contributed by atoms with E-state index in [-0.39, 0.29) is 6.42 Å². The van der Waals surface area contributed by atoms with Crippen LogP contribution >= 0.6 is 0 Å². The van der Waals surface area contributed by atoms with Crippen molar-refractivity contribution in [1.82, 2.24) is 0 Å². The second-order valence-electron chi connectivity index (χ2n) is 8.21. The predicted octanol–water partition coefficient (Wildman–Crippen LogP) is 6.13. The monoisotopic (exact) mass is 403 g/mol. The van der Waals surface area contributed by atoms with Crippen LogP contribution in [0.25, 0.3) is 21.9 Å². The minimum Gasteiger partial charge on any atom is -0.493 e. The molecule has 156 valence electrons. The van der Waals surface area contributed by atoms with Crippen LogP contribution in [0, 0.1) is 5.92 Å². The van der Waals surface area contributed by atoms with E-state index in [1.54, 1.807) is 0 Å². The molecule has 4 heteroatoms. The molecule has 4 rings (SSSR count). The highest BCUT2D eigenvalue weighted by Crippen LogP contribution is 2.35. The summed E-state index contributed by atoms with van der Waals surface area (Å²) in [5, 5.41) is 14.6. The molecule has 0 saturated heterocycles. The van der Waals surface area contributed by atoms with Gasteiger partial charge in [0.05, 0.1) is 6.61 Å². The molecule has 1 fully saturated rings. The molecule has 0 heterocycles. The van der Waals surface area contributed by atoms with Crippen molar-refractivity contribution in [3.05, 3.63) is 60.2 Å². The lowest BCUT2D eigenvalue weighted by atomic mass is 9.97. The van der Waals surface area contributed by atoms with Crippen LogP contribution in [0.5, 0.6) is 5.75 Å². The Morgan fingerprint density at radius 3 is 2.57 bits per heavy atom. The van der Waals surface area contributed by atoms with Gasteiger partial charge in [0.25, 0.3) is 0 Å². The van der Waals surface area contributed by atoms with Gasteiger partial charge in [-0.15, -0.1) is 0 Å². The second kappa shape index (κ2) is 9.21. The molecule has 0 aromatic heterocycles. The second-order valence-corrected chi connectivity index (χ2v) is 8.21. The number of rotatable bonds is 8. The van der Waals surface area contributed by atoms with Crippen molar-refractivity contribution in [3.8, 4) is 16.9 Å². The number of aryl methyl sites for hydroxylation is 1. The number of anilines is 1. The van der Waals surface area contributed by atoms with E-state index in [0.717, 1.165) is 34.7 Å². The average molecular weight is 404 g/mol. The van der Waals surface area contributed by atoms with Gasteiger partial charge in [0.1, 0.15) is 5.75 Å². The van der Waals surface area contributed by atoms with E-state index in [9.17, 15) is 4.79 Å². The van der Waals surface area contributed by atoms with Gasteiger partial charge in [0.15, 0.2) is 0 Å². The number of ether oxygens (including phenoxy) is 1. The number of carbonyl (C=O) groups is 1. The lowest BCUT2D eigenvalue weighted by Crippen LogP contribution is -2.09. The van der Waals surface area contributed by atoms with E-state index in [2.05, 4.69) is 47.8 Å². The van der Waals surface area contributed by atoms with Gasteiger partial charge in [-0.1, -0.05) is 37.1 Å². The molecule has 0 unspecified atom stereocenters. The Morgan fingerprint density at radius 1 is 1.03 bits per heavy atom. The van der Waals surface area contributed by atoms with Crippen LogP contribution in [0.4, 0.5) is 5.69 Å². The summed E-state index contributed by atoms with van der Waals surface area (Å²) in [6.45, 7) is 0.751. The molecule has 1 aliphatic carbocycles. The highest BCUT2D eigenvalue weighted by Gasteiger charge is 2.17. The van der Waals surface area contributed by atoms with Crippen LogP contribution in [-0.4, -0.2) is 24.7 Å². The first-order chi connectivity index (χ1) is 14.6. The van der Waals surface area contributed by atoms with E-state index >= 15 is 0 Å². The van der Waals surface area contributed by atoms with Crippen molar-refractivity contribution in [2.24, 2.45) is 5.92 Å². The van der Waals surface area contributed by atoms with Crippen LogP contribution in [0.3, 0.4) is 0 Å². The Kier molecular flexibility index (Phi) is 6.22. The highest BCUT2D eigenvalue weighted by molar-refractivity contribution is 5.90. The fourth-order valence-electron chi connectivity index (χ4n) is 4.29. The van der Waals surface area contributed by atoms with Gasteiger partial charge in [-0.25, -0.2) is 0 Å². The first-order valence-corrected chi connectivity index (χ1v) is 10.8. The summed E-state index contributed by atoms with van der Waals surface area (Å²) in [5.74, 6) is 0.748. The average Bonchev–Trinajstić information content (AvgIpc) is 3.29. The summed E-state index contributed by atoms with van der Waals surface area (Å²) < 4.78 is 6.28. The molecule has 3 aromatic carbocycles. The van der Waals surface area contributed by atoms with E-state index in [1.165, 1.54) is 36.5 Å². The molecule has 0 aliphatic heterocycles. The summed E-state index contributed by atoms with van der Waals surface area (Å²) in [6.07, 6.45) is 5.74. The molecule has 0 spiro atoms. The Bertz CT molecular complexity index is 1040. The first kappa shape index (κ1) is 20.3. The molecule has 0 amide bonds. The smallest absolute Gasteiger partial charge is 0.303 e. The first-order valence-electron chi connectivity index (χ1n) is 10.8. The maximum atomic E-state index is 11.0. The SMILES string of the molecule is CNc1ccc2cc(-c3cc(CCC(=O)O)ccc3OCC3CCCC3)ccc2c1. The zero-order valence-corrected chi connectivity index (χ0v) is 17.5. The largest absolute Gasteiger partial charge is 0.493 e. The van der Waals surface area contributed by atoms with Gasteiger partial charge in [-0.05, 0) is 77.4 Å². The van der Waals surface area contributed by atoms with Gasteiger partial charge < -0.3 is 15.2 Å². The van der Waals surface area contributed by atoms with E-state index in [0.29, 0.717) is 12.3 Å². The van der Waals surface area contributed by atoms with Crippen molar-refractivity contribution in [2.45, 2.75) is 38.5 Å². The molecule has 30 heavy (non-hydrogen) atoms. The number of carboxylic acids is 1. The van der Waals surface area contributed by atoms with Crippen LogP contribution in [0.2, 0.25) is 0 Å². The standard InChI is InChI=1S/C26H29NO3/c1-27-23-11-10-20-15-22(9-8-21(20)16-23)24-14-18(7-13-26(28)29)6-12-25(24)30-17-19-4-2-3-5-19/h6,8-12,14-16,19,27H,2-5,7,13,17H2,1H3,(H,28,29). The minimum absolute atomic E-state index is 0.131. The van der Waals surface area contributed by atoms with Gasteiger partial charge in [0.2, 0.25) is 0 Å². The summed E-state index contributed by atoms with van der Waals surface area (Å²) in [7, 11) is 1.92. The molecular weight excluding hydrogens is 374 g/mol. The summed E-state index contributed by atoms with van der Waals surface area (Å²) >= 11 is 0. The van der Waals surface area contributed by atoms with Gasteiger partial charge in [-0.3, -0.25) is 4.79 Å². The molecule has 4 nitrogen and oxygen atoms in total. The number of benzene rings is 3. The Balaban J connectivity index is 1.67. The van der Waals surface area contributed by atoms with Gasteiger partial charge >= 0.3 is 5.97 Å². The molecule has 0 atom stereocenters. The minimum atomic E-state index is -0.774. The summed E-state index contributed by atoms with van der Waals surface area (Å²) in [5.41, 5.74) is 4.24. The molecule has 2 N–H and O–H groups in total. The Morgan fingerprint density at radius 2 is 1.80 bits per heavy atom. The number of nitrogens with one attached hydrogen (secondary N) is 1. The fourth-order valence-corrected chi connectivity index (χ4v) is 4.29. The van der Waals surface area contributed by atoms with E-state index in [1.807, 2.05) is 19.2 Å². The Labute approximate surface area is 177 Å². The number of fused-ring (bicyclic) bond motifs is 1. The highest BCUT2D eigenvalue weighted by atomic mass is 16.5. The normalized spacial score (nSPS) is 14.2. The zero-order chi connectivity index (χ0) is 20.9. The van der Waals surface area contributed by atoms with Crippen molar-refractivity contribution >= 4 is 22.4 Å². The summed E-state index contributed by atoms with van der Waals surface area (Å²) in [6, 6.07) is 18.9. The number of hydrogen-bond acceptors (Lipinski definition) is 3. The third-order valence-electron chi connectivity index (χ3n) is 6.06. The van der Waals surface area contributed by atoms with Crippen molar-refractivity contribution < 1.29 is 14.6 Å². The van der Waals surface area contributed by atoms with E-state index < -0.39 is 5.97 Å². The topological polar surface area (TPSA) is 58.6 Å². The van der Waals surface area contributed by atoms with Crippen LogP contribution in [-0.2, 0) is 11.2 Å². The van der Waals surface area contributed by atoms with Crippen molar-refractivity contribution in [3.63, 3.8) is 0 Å².